The predicted octanol–water partition coefficient (Wildman–Crippen LogP) is 3.46. The Morgan fingerprint density at radius 3 is 2.71 bits per heavy atom. The third-order valence-corrected chi connectivity index (χ3v) is 2.69. The molecule has 0 aliphatic rings. The topological polar surface area (TPSA) is 21.3 Å². The van der Waals surface area contributed by atoms with E-state index >= 15 is 0 Å². The van der Waals surface area contributed by atoms with Gasteiger partial charge >= 0.3 is 0 Å². The summed E-state index contributed by atoms with van der Waals surface area (Å²) in [4.78, 5) is 0. The molecule has 2 heteroatoms. The minimum Gasteiger partial charge on any atom is -0.372 e. The number of rotatable bonds is 8. The predicted molar refractivity (Wildman–Crippen MR) is 73.3 cm³/mol. The van der Waals surface area contributed by atoms with Crippen LogP contribution in [0.1, 0.15) is 43.9 Å². The Morgan fingerprint density at radius 1 is 1.24 bits per heavy atom. The quantitative estimate of drug-likeness (QED) is 0.697. The summed E-state index contributed by atoms with van der Waals surface area (Å²) in [5.74, 6) is 0. The molecule has 1 N–H and O–H groups in total. The molecule has 1 rings (SSSR count). The van der Waals surface area contributed by atoms with E-state index in [1.807, 2.05) is 0 Å². The van der Waals surface area contributed by atoms with Crippen LogP contribution in [0.3, 0.4) is 0 Å². The zero-order valence-electron chi connectivity index (χ0n) is 11.3. The van der Waals surface area contributed by atoms with Gasteiger partial charge in [0.05, 0.1) is 6.10 Å². The smallest absolute Gasteiger partial charge is 0.0949 e. The lowest BCUT2D eigenvalue weighted by Gasteiger charge is -2.19. The van der Waals surface area contributed by atoms with Crippen LogP contribution in [0.2, 0.25) is 0 Å². The number of hydrogen-bond donors (Lipinski definition) is 1. The Kier molecular flexibility index (Phi) is 6.90. The standard InChI is InChI=1S/C15H25NO/c1-4-9-16-12-15(17-10-5-2)14-8-6-7-13(3)11-14/h6-8,11,15-16H,4-5,9-10,12H2,1-3H3. The third-order valence-electron chi connectivity index (χ3n) is 2.69. The van der Waals surface area contributed by atoms with Crippen LogP contribution in [0.15, 0.2) is 24.3 Å². The third kappa shape index (κ3) is 5.33. The van der Waals surface area contributed by atoms with Gasteiger partial charge in [-0.1, -0.05) is 43.7 Å². The Hall–Kier alpha value is -0.860. The lowest BCUT2D eigenvalue weighted by Crippen LogP contribution is -2.24. The summed E-state index contributed by atoms with van der Waals surface area (Å²) in [6.45, 7) is 9.23. The van der Waals surface area contributed by atoms with E-state index in [0.717, 1.165) is 32.5 Å². The highest BCUT2D eigenvalue weighted by atomic mass is 16.5. The molecule has 96 valence electrons. The van der Waals surface area contributed by atoms with Gasteiger partial charge in [0.1, 0.15) is 0 Å². The first-order chi connectivity index (χ1) is 8.27. The van der Waals surface area contributed by atoms with Crippen LogP contribution in [0.4, 0.5) is 0 Å². The summed E-state index contributed by atoms with van der Waals surface area (Å²) in [5, 5.41) is 3.44. The van der Waals surface area contributed by atoms with Crippen molar-refractivity contribution in [1.82, 2.24) is 5.32 Å². The van der Waals surface area contributed by atoms with Crippen molar-refractivity contribution in [2.24, 2.45) is 0 Å². The molecular weight excluding hydrogens is 210 g/mol. The van der Waals surface area contributed by atoms with Crippen molar-refractivity contribution in [3.05, 3.63) is 35.4 Å². The highest BCUT2D eigenvalue weighted by Crippen LogP contribution is 2.18. The van der Waals surface area contributed by atoms with E-state index in [-0.39, 0.29) is 6.10 Å². The highest BCUT2D eigenvalue weighted by Gasteiger charge is 2.11. The summed E-state index contributed by atoms with van der Waals surface area (Å²) in [7, 11) is 0. The number of benzene rings is 1. The molecule has 0 saturated carbocycles. The Bertz CT molecular complexity index is 312. The molecule has 0 heterocycles. The van der Waals surface area contributed by atoms with E-state index < -0.39 is 0 Å². The van der Waals surface area contributed by atoms with E-state index in [2.05, 4.69) is 50.4 Å². The maximum atomic E-state index is 5.92. The Balaban J connectivity index is 2.60. The minimum absolute atomic E-state index is 0.182. The first kappa shape index (κ1) is 14.2. The molecule has 1 aromatic carbocycles. The monoisotopic (exact) mass is 235 g/mol. The summed E-state index contributed by atoms with van der Waals surface area (Å²) >= 11 is 0. The maximum absolute atomic E-state index is 5.92. The van der Waals surface area contributed by atoms with Crippen LogP contribution >= 0.6 is 0 Å². The van der Waals surface area contributed by atoms with Crippen molar-refractivity contribution >= 4 is 0 Å². The molecule has 17 heavy (non-hydrogen) atoms. The van der Waals surface area contributed by atoms with E-state index in [4.69, 9.17) is 4.74 Å². The molecule has 0 aliphatic carbocycles. The zero-order valence-corrected chi connectivity index (χ0v) is 11.3. The number of ether oxygens (including phenoxy) is 1. The molecule has 1 aromatic rings. The van der Waals surface area contributed by atoms with Gasteiger partial charge in [0.2, 0.25) is 0 Å². The molecule has 0 fully saturated rings. The summed E-state index contributed by atoms with van der Waals surface area (Å²) in [5.41, 5.74) is 2.57. The Labute approximate surface area is 105 Å². The molecule has 0 spiro atoms. The van der Waals surface area contributed by atoms with Gasteiger partial charge in [-0.3, -0.25) is 0 Å². The van der Waals surface area contributed by atoms with Crippen molar-refractivity contribution in [3.63, 3.8) is 0 Å². The fourth-order valence-electron chi connectivity index (χ4n) is 1.81. The Morgan fingerprint density at radius 2 is 2.06 bits per heavy atom. The molecule has 1 atom stereocenters. The lowest BCUT2D eigenvalue weighted by atomic mass is 10.1. The zero-order chi connectivity index (χ0) is 12.5. The van der Waals surface area contributed by atoms with Gasteiger partial charge in [0.25, 0.3) is 0 Å². The molecule has 1 unspecified atom stereocenters. The average Bonchev–Trinajstić information content (AvgIpc) is 2.33. The lowest BCUT2D eigenvalue weighted by molar-refractivity contribution is 0.0531. The van der Waals surface area contributed by atoms with Crippen molar-refractivity contribution in [1.29, 1.82) is 0 Å². The summed E-state index contributed by atoms with van der Waals surface area (Å²) in [6.07, 6.45) is 2.41. The van der Waals surface area contributed by atoms with E-state index in [1.54, 1.807) is 0 Å². The first-order valence-corrected chi connectivity index (χ1v) is 6.66. The molecule has 0 amide bonds. The molecule has 0 aliphatic heterocycles. The van der Waals surface area contributed by atoms with Gasteiger partial charge < -0.3 is 10.1 Å². The van der Waals surface area contributed by atoms with Crippen molar-refractivity contribution in [3.8, 4) is 0 Å². The van der Waals surface area contributed by atoms with E-state index in [1.165, 1.54) is 11.1 Å². The second-order valence-electron chi connectivity index (χ2n) is 4.48. The SMILES string of the molecule is CCCNCC(OCCC)c1cccc(C)c1. The van der Waals surface area contributed by atoms with Gasteiger partial charge in [-0.15, -0.1) is 0 Å². The number of nitrogens with one attached hydrogen (secondary N) is 1. The highest BCUT2D eigenvalue weighted by molar-refractivity contribution is 5.24. The van der Waals surface area contributed by atoms with Gasteiger partial charge in [0.15, 0.2) is 0 Å². The van der Waals surface area contributed by atoms with Crippen LogP contribution in [-0.2, 0) is 4.74 Å². The van der Waals surface area contributed by atoms with Gasteiger partial charge in [-0.25, -0.2) is 0 Å². The summed E-state index contributed by atoms with van der Waals surface area (Å²) in [6, 6.07) is 8.60. The molecule has 0 radical (unpaired) electrons. The molecule has 2 nitrogen and oxygen atoms in total. The van der Waals surface area contributed by atoms with Crippen molar-refractivity contribution in [2.75, 3.05) is 19.7 Å². The molecule has 0 aromatic heterocycles. The average molecular weight is 235 g/mol. The second-order valence-corrected chi connectivity index (χ2v) is 4.48. The van der Waals surface area contributed by atoms with Crippen molar-refractivity contribution < 1.29 is 4.74 Å². The number of hydrogen-bond acceptors (Lipinski definition) is 2. The fourth-order valence-corrected chi connectivity index (χ4v) is 1.81. The first-order valence-electron chi connectivity index (χ1n) is 6.66. The van der Waals surface area contributed by atoms with Crippen LogP contribution in [0.5, 0.6) is 0 Å². The normalized spacial score (nSPS) is 12.6. The molecule has 0 bridgehead atoms. The molecular formula is C15H25NO. The van der Waals surface area contributed by atoms with Crippen LogP contribution in [0.25, 0.3) is 0 Å². The largest absolute Gasteiger partial charge is 0.372 e. The van der Waals surface area contributed by atoms with Crippen LogP contribution < -0.4 is 5.32 Å². The van der Waals surface area contributed by atoms with Gasteiger partial charge in [-0.05, 0) is 31.9 Å². The maximum Gasteiger partial charge on any atom is 0.0949 e. The van der Waals surface area contributed by atoms with E-state index in [0.29, 0.717) is 0 Å². The molecule has 0 saturated heterocycles. The van der Waals surface area contributed by atoms with Gasteiger partial charge in [-0.2, -0.15) is 0 Å². The van der Waals surface area contributed by atoms with E-state index in [9.17, 15) is 0 Å². The number of aryl methyl sites for hydroxylation is 1. The summed E-state index contributed by atoms with van der Waals surface area (Å²) < 4.78 is 5.92. The second kappa shape index (κ2) is 8.26. The minimum atomic E-state index is 0.182. The fraction of sp³-hybridized carbons (Fsp3) is 0.600. The van der Waals surface area contributed by atoms with Gasteiger partial charge in [0, 0.05) is 13.2 Å². The van der Waals surface area contributed by atoms with Crippen LogP contribution in [-0.4, -0.2) is 19.7 Å². The van der Waals surface area contributed by atoms with Crippen LogP contribution in [0, 0.1) is 6.92 Å². The van der Waals surface area contributed by atoms with Crippen molar-refractivity contribution in [2.45, 2.75) is 39.7 Å².